The molecule has 6 heteroatoms. The van der Waals surface area contributed by atoms with E-state index in [1.165, 1.54) is 0 Å². The number of aromatic nitrogens is 1. The van der Waals surface area contributed by atoms with Gasteiger partial charge in [0, 0.05) is 27.1 Å². The Morgan fingerprint density at radius 1 is 1.04 bits per heavy atom. The van der Waals surface area contributed by atoms with Gasteiger partial charge in [0.1, 0.15) is 5.75 Å². The van der Waals surface area contributed by atoms with Crippen LogP contribution in [0.5, 0.6) is 5.75 Å². The molecule has 0 aliphatic carbocycles. The Labute approximate surface area is 165 Å². The number of aryl methyl sites for hydroxylation is 1. The van der Waals surface area contributed by atoms with Crippen molar-refractivity contribution in [2.75, 3.05) is 6.61 Å². The van der Waals surface area contributed by atoms with Gasteiger partial charge >= 0.3 is 0 Å². The third-order valence-electron chi connectivity index (χ3n) is 4.31. The molecule has 1 amide bonds. The van der Waals surface area contributed by atoms with Gasteiger partial charge in [-0.3, -0.25) is 9.59 Å². The molecule has 2 aromatic carbocycles. The lowest BCUT2D eigenvalue weighted by atomic mass is 10.1. The molecule has 0 spiro atoms. The van der Waals surface area contributed by atoms with Gasteiger partial charge in [0.2, 0.25) is 5.78 Å². The van der Waals surface area contributed by atoms with E-state index in [4.69, 9.17) is 10.5 Å². The van der Waals surface area contributed by atoms with Crippen LogP contribution < -0.4 is 10.5 Å². The molecule has 0 aliphatic rings. The number of benzene rings is 2. The zero-order chi connectivity index (χ0) is 19.6. The highest BCUT2D eigenvalue weighted by molar-refractivity contribution is 9.10. The fourth-order valence-corrected chi connectivity index (χ4v) is 3.46. The van der Waals surface area contributed by atoms with E-state index in [1.54, 1.807) is 24.3 Å². The van der Waals surface area contributed by atoms with E-state index in [0.717, 1.165) is 21.5 Å². The van der Waals surface area contributed by atoms with E-state index >= 15 is 0 Å². The highest BCUT2D eigenvalue weighted by atomic mass is 79.9. The third-order valence-corrected chi connectivity index (χ3v) is 4.80. The minimum atomic E-state index is -0.592. The van der Waals surface area contributed by atoms with Crippen LogP contribution in [0.2, 0.25) is 0 Å². The minimum Gasteiger partial charge on any atom is -0.485 e. The zero-order valence-corrected chi connectivity index (χ0v) is 16.6. The second-order valence-electron chi connectivity index (χ2n) is 6.17. The van der Waals surface area contributed by atoms with Gasteiger partial charge in [0.05, 0.1) is 5.56 Å². The van der Waals surface area contributed by atoms with Crippen LogP contribution in [-0.4, -0.2) is 22.9 Å². The number of Topliss-reactive ketones (excluding diaryl/α,β-unsaturated/α-hetero) is 1. The molecule has 5 nitrogen and oxygen atoms in total. The number of amides is 1. The summed E-state index contributed by atoms with van der Waals surface area (Å²) in [5.41, 5.74) is 8.94. The van der Waals surface area contributed by atoms with Crippen molar-refractivity contribution >= 4 is 27.6 Å². The zero-order valence-electron chi connectivity index (χ0n) is 15.0. The number of halogens is 1. The summed E-state index contributed by atoms with van der Waals surface area (Å²) in [6.07, 6.45) is 0. The van der Waals surface area contributed by atoms with Crippen molar-refractivity contribution in [3.63, 3.8) is 0 Å². The van der Waals surface area contributed by atoms with Crippen LogP contribution in [0.1, 0.15) is 32.1 Å². The molecule has 0 atom stereocenters. The monoisotopic (exact) mass is 426 g/mol. The molecule has 0 aliphatic heterocycles. The molecule has 0 saturated heterocycles. The van der Waals surface area contributed by atoms with Crippen molar-refractivity contribution in [3.05, 3.63) is 81.6 Å². The van der Waals surface area contributed by atoms with Gasteiger partial charge in [-0.25, -0.2) is 0 Å². The van der Waals surface area contributed by atoms with E-state index < -0.39 is 5.91 Å². The predicted molar refractivity (Wildman–Crippen MR) is 108 cm³/mol. The smallest absolute Gasteiger partial charge is 0.252 e. The van der Waals surface area contributed by atoms with E-state index in [0.29, 0.717) is 11.3 Å². The largest absolute Gasteiger partial charge is 0.485 e. The first kappa shape index (κ1) is 18.9. The summed E-state index contributed by atoms with van der Waals surface area (Å²) in [7, 11) is 0. The summed E-state index contributed by atoms with van der Waals surface area (Å²) in [6.45, 7) is 3.68. The fraction of sp³-hybridized carbons (Fsp3) is 0.143. The Bertz CT molecular complexity index is 1020. The molecule has 1 heterocycles. The molecule has 1 aromatic heterocycles. The van der Waals surface area contributed by atoms with Crippen molar-refractivity contribution in [1.29, 1.82) is 0 Å². The number of hydrogen-bond acceptors (Lipinski definition) is 3. The quantitative estimate of drug-likeness (QED) is 0.599. The summed E-state index contributed by atoms with van der Waals surface area (Å²) in [4.78, 5) is 24.2. The predicted octanol–water partition coefficient (Wildman–Crippen LogP) is 4.22. The van der Waals surface area contributed by atoms with Crippen LogP contribution in [-0.2, 0) is 0 Å². The van der Waals surface area contributed by atoms with Gasteiger partial charge in [-0.1, -0.05) is 34.1 Å². The summed E-state index contributed by atoms with van der Waals surface area (Å²) >= 11 is 3.48. The Balaban J connectivity index is 1.85. The molecule has 27 heavy (non-hydrogen) atoms. The van der Waals surface area contributed by atoms with Crippen LogP contribution in [0.4, 0.5) is 0 Å². The minimum absolute atomic E-state index is 0.163. The number of nitrogens with zero attached hydrogens (tertiary/aromatic N) is 1. The lowest BCUT2D eigenvalue weighted by Gasteiger charge is -2.11. The topological polar surface area (TPSA) is 74.3 Å². The molecule has 0 saturated carbocycles. The first-order valence-electron chi connectivity index (χ1n) is 8.38. The Morgan fingerprint density at radius 2 is 1.78 bits per heavy atom. The maximum atomic E-state index is 12.7. The highest BCUT2D eigenvalue weighted by Crippen LogP contribution is 2.24. The summed E-state index contributed by atoms with van der Waals surface area (Å²) < 4.78 is 8.56. The van der Waals surface area contributed by atoms with Crippen molar-refractivity contribution in [3.8, 4) is 11.4 Å². The Hall–Kier alpha value is -2.86. The van der Waals surface area contributed by atoms with E-state index in [1.807, 2.05) is 48.7 Å². The average Bonchev–Trinajstić information content (AvgIpc) is 2.94. The average molecular weight is 427 g/mol. The van der Waals surface area contributed by atoms with Crippen molar-refractivity contribution in [1.82, 2.24) is 4.57 Å². The molecule has 3 aromatic rings. The summed E-state index contributed by atoms with van der Waals surface area (Å²) in [5.74, 6) is -0.450. The van der Waals surface area contributed by atoms with Gasteiger partial charge in [0.25, 0.3) is 5.91 Å². The maximum absolute atomic E-state index is 12.7. The number of carbonyl (C=O) groups is 2. The summed E-state index contributed by atoms with van der Waals surface area (Å²) in [5, 5.41) is 0. The second kappa shape index (κ2) is 7.80. The number of ether oxygens (including phenoxy) is 1. The number of carbonyl (C=O) groups excluding carboxylic acids is 2. The van der Waals surface area contributed by atoms with E-state index in [-0.39, 0.29) is 18.0 Å². The second-order valence-corrected chi connectivity index (χ2v) is 7.09. The standard InChI is InChI=1S/C21H19BrN2O3/c1-13-10-18(14(2)24(13)16-7-5-6-15(22)11-16)19(25)12-27-20-9-4-3-8-17(20)21(23)26/h3-11H,12H2,1-2H3,(H2,23,26). The molecule has 0 fully saturated rings. The lowest BCUT2D eigenvalue weighted by molar-refractivity contribution is 0.0911. The van der Waals surface area contributed by atoms with E-state index in [2.05, 4.69) is 15.9 Å². The van der Waals surface area contributed by atoms with Gasteiger partial charge in [-0.15, -0.1) is 0 Å². The van der Waals surface area contributed by atoms with Gasteiger partial charge in [-0.2, -0.15) is 0 Å². The molecule has 0 unspecified atom stereocenters. The van der Waals surface area contributed by atoms with Gasteiger partial charge < -0.3 is 15.0 Å². The number of ketones is 1. The van der Waals surface area contributed by atoms with Crippen LogP contribution in [0.15, 0.2) is 59.1 Å². The number of para-hydroxylation sites is 1. The van der Waals surface area contributed by atoms with Crippen LogP contribution in [0.25, 0.3) is 5.69 Å². The number of rotatable bonds is 6. The lowest BCUT2D eigenvalue weighted by Crippen LogP contribution is -2.17. The van der Waals surface area contributed by atoms with Crippen LogP contribution in [0.3, 0.4) is 0 Å². The first-order chi connectivity index (χ1) is 12.9. The van der Waals surface area contributed by atoms with Crippen molar-refractivity contribution in [2.24, 2.45) is 5.73 Å². The van der Waals surface area contributed by atoms with E-state index in [9.17, 15) is 9.59 Å². The number of primary amides is 1. The molecule has 0 radical (unpaired) electrons. The van der Waals surface area contributed by atoms with Crippen LogP contribution in [0, 0.1) is 13.8 Å². The molecule has 3 rings (SSSR count). The molecular formula is C21H19BrN2O3. The Morgan fingerprint density at radius 3 is 2.48 bits per heavy atom. The summed E-state index contributed by atoms with van der Waals surface area (Å²) in [6, 6.07) is 16.3. The first-order valence-corrected chi connectivity index (χ1v) is 9.17. The van der Waals surface area contributed by atoms with Crippen molar-refractivity contribution < 1.29 is 14.3 Å². The highest BCUT2D eigenvalue weighted by Gasteiger charge is 2.18. The molecular weight excluding hydrogens is 408 g/mol. The van der Waals surface area contributed by atoms with Crippen LogP contribution >= 0.6 is 15.9 Å². The molecule has 0 bridgehead atoms. The molecule has 138 valence electrons. The number of hydrogen-bond donors (Lipinski definition) is 1. The SMILES string of the molecule is Cc1cc(C(=O)COc2ccccc2C(N)=O)c(C)n1-c1cccc(Br)c1. The number of nitrogens with two attached hydrogens (primary N) is 1. The maximum Gasteiger partial charge on any atom is 0.252 e. The normalized spacial score (nSPS) is 10.6. The van der Waals surface area contributed by atoms with Crippen molar-refractivity contribution in [2.45, 2.75) is 13.8 Å². The van der Waals surface area contributed by atoms with Gasteiger partial charge in [0.15, 0.2) is 6.61 Å². The fourth-order valence-electron chi connectivity index (χ4n) is 3.07. The van der Waals surface area contributed by atoms with Gasteiger partial charge in [-0.05, 0) is 50.2 Å². The Kier molecular flexibility index (Phi) is 5.46. The third kappa shape index (κ3) is 3.95. The molecule has 2 N–H and O–H groups in total.